The minimum absolute atomic E-state index is 0.159. The number of nitrogens with zero attached hydrogens (tertiary/aromatic N) is 1. The van der Waals surface area contributed by atoms with Crippen molar-refractivity contribution >= 4 is 28.9 Å². The maximum Gasteiger partial charge on any atom is 0.228 e. The van der Waals surface area contributed by atoms with Crippen molar-refractivity contribution in [1.29, 1.82) is 0 Å². The Morgan fingerprint density at radius 3 is 2.16 bits per heavy atom. The Balaban J connectivity index is 1.55. The fourth-order valence-corrected chi connectivity index (χ4v) is 6.13. The zero-order chi connectivity index (χ0) is 22.0. The van der Waals surface area contributed by atoms with Crippen molar-refractivity contribution in [3.8, 4) is 0 Å². The molecule has 6 heteroatoms. The normalized spacial score (nSPS) is 21.8. The summed E-state index contributed by atoms with van der Waals surface area (Å²) in [4.78, 5) is 18.4. The van der Waals surface area contributed by atoms with Crippen molar-refractivity contribution in [3.05, 3.63) is 53.3 Å². The highest BCUT2D eigenvalue weighted by Gasteiger charge is 2.52. The number of carbonyl (C=O) groups is 1. The van der Waals surface area contributed by atoms with Gasteiger partial charge in [-0.2, -0.15) is 0 Å². The predicted molar refractivity (Wildman–Crippen MR) is 130 cm³/mol. The number of carbonyl (C=O) groups excluding carboxylic acids is 1. The summed E-state index contributed by atoms with van der Waals surface area (Å²) >= 11 is 6.14. The second-order valence-corrected chi connectivity index (χ2v) is 10.1. The molecule has 0 spiro atoms. The molecule has 170 valence electrons. The summed E-state index contributed by atoms with van der Waals surface area (Å²) in [6.07, 6.45) is 13.4. The van der Waals surface area contributed by atoms with Crippen LogP contribution in [0.2, 0.25) is 5.15 Å². The molecule has 2 aromatic rings. The standard InChI is InChI=1S/C26H33ClN4O/c27-23-16-15-19(17-28-23)26(30-21-13-7-8-14-22(21)31-26)24(18-9-3-1-4-10-18)25(32)29-20-11-5-2-6-12-20/h7-8,13-18,20,24,30-31H,1-6,9-12H2,(H,29,32). The van der Waals surface area contributed by atoms with Gasteiger partial charge >= 0.3 is 0 Å². The third-order valence-corrected chi connectivity index (χ3v) is 7.82. The molecule has 1 aromatic heterocycles. The zero-order valence-electron chi connectivity index (χ0n) is 18.6. The van der Waals surface area contributed by atoms with E-state index in [1.54, 1.807) is 0 Å². The number of hydrogen-bond acceptors (Lipinski definition) is 4. The number of pyridine rings is 1. The molecule has 5 nitrogen and oxygen atoms in total. The van der Waals surface area contributed by atoms with Crippen LogP contribution in [0.1, 0.15) is 69.8 Å². The Kier molecular flexibility index (Phi) is 6.27. The Bertz CT molecular complexity index is 910. The first kappa shape index (κ1) is 21.6. The maximum absolute atomic E-state index is 14.1. The van der Waals surface area contributed by atoms with Crippen LogP contribution >= 0.6 is 11.6 Å². The van der Waals surface area contributed by atoms with Gasteiger partial charge < -0.3 is 16.0 Å². The van der Waals surface area contributed by atoms with Crippen LogP contribution in [0.25, 0.3) is 0 Å². The number of aromatic nitrogens is 1. The van der Waals surface area contributed by atoms with Crippen molar-refractivity contribution in [1.82, 2.24) is 10.3 Å². The quantitative estimate of drug-likeness (QED) is 0.481. The number of para-hydroxylation sites is 2. The van der Waals surface area contributed by atoms with E-state index in [-0.39, 0.29) is 17.9 Å². The summed E-state index contributed by atoms with van der Waals surface area (Å²) in [7, 11) is 0. The molecule has 0 saturated heterocycles. The van der Waals surface area contributed by atoms with E-state index in [4.69, 9.17) is 11.6 Å². The summed E-state index contributed by atoms with van der Waals surface area (Å²) in [6.45, 7) is 0. The molecule has 2 heterocycles. The SMILES string of the molecule is O=C(NC1CCCCC1)C(C1CCCCC1)C1(c2ccc(Cl)nc2)Nc2ccccc2N1. The summed E-state index contributed by atoms with van der Waals surface area (Å²) in [6, 6.07) is 12.3. The van der Waals surface area contributed by atoms with E-state index >= 15 is 0 Å². The van der Waals surface area contributed by atoms with Crippen LogP contribution in [0.4, 0.5) is 11.4 Å². The molecular weight excluding hydrogens is 420 g/mol. The third kappa shape index (κ3) is 4.19. The minimum Gasteiger partial charge on any atom is -0.357 e. The van der Waals surface area contributed by atoms with Gasteiger partial charge in [0.2, 0.25) is 5.91 Å². The predicted octanol–water partition coefficient (Wildman–Crippen LogP) is 6.07. The topological polar surface area (TPSA) is 66.0 Å². The van der Waals surface area contributed by atoms with Crippen LogP contribution in [0.15, 0.2) is 42.6 Å². The monoisotopic (exact) mass is 452 g/mol. The number of nitrogens with one attached hydrogen (secondary N) is 3. The number of fused-ring (bicyclic) bond motifs is 1. The highest BCUT2D eigenvalue weighted by atomic mass is 35.5. The van der Waals surface area contributed by atoms with E-state index in [1.807, 2.05) is 30.5 Å². The van der Waals surface area contributed by atoms with Gasteiger partial charge in [-0.1, -0.05) is 68.3 Å². The smallest absolute Gasteiger partial charge is 0.228 e. The molecular formula is C26H33ClN4O. The van der Waals surface area contributed by atoms with Crippen LogP contribution in [-0.2, 0) is 10.5 Å². The lowest BCUT2D eigenvalue weighted by Crippen LogP contribution is -2.56. The molecule has 1 aliphatic heterocycles. The molecule has 3 aliphatic rings. The summed E-state index contributed by atoms with van der Waals surface area (Å²) < 4.78 is 0. The van der Waals surface area contributed by atoms with Crippen LogP contribution in [-0.4, -0.2) is 16.9 Å². The first-order valence-electron chi connectivity index (χ1n) is 12.2. The van der Waals surface area contributed by atoms with Crippen molar-refractivity contribution in [2.24, 2.45) is 11.8 Å². The zero-order valence-corrected chi connectivity index (χ0v) is 19.3. The molecule has 1 amide bonds. The largest absolute Gasteiger partial charge is 0.357 e. The number of amides is 1. The first-order chi connectivity index (χ1) is 15.7. The molecule has 1 unspecified atom stereocenters. The lowest BCUT2D eigenvalue weighted by molar-refractivity contribution is -0.130. The van der Waals surface area contributed by atoms with Gasteiger partial charge in [0.15, 0.2) is 0 Å². The highest BCUT2D eigenvalue weighted by Crippen LogP contribution is 2.48. The van der Waals surface area contributed by atoms with Crippen LogP contribution in [0, 0.1) is 11.8 Å². The van der Waals surface area contributed by atoms with E-state index in [9.17, 15) is 4.79 Å². The van der Waals surface area contributed by atoms with Gasteiger partial charge in [0.25, 0.3) is 0 Å². The van der Waals surface area contributed by atoms with Crippen LogP contribution in [0.3, 0.4) is 0 Å². The number of anilines is 2. The Hall–Kier alpha value is -2.27. The summed E-state index contributed by atoms with van der Waals surface area (Å²) in [5.74, 6) is 0.212. The molecule has 5 rings (SSSR count). The molecule has 32 heavy (non-hydrogen) atoms. The van der Waals surface area contributed by atoms with E-state index in [0.717, 1.165) is 42.6 Å². The Labute approximate surface area is 195 Å². The average Bonchev–Trinajstić information content (AvgIpc) is 3.21. The molecule has 2 fully saturated rings. The average molecular weight is 453 g/mol. The van der Waals surface area contributed by atoms with Gasteiger partial charge in [0, 0.05) is 17.8 Å². The number of benzene rings is 1. The summed E-state index contributed by atoms with van der Waals surface area (Å²) in [5.41, 5.74) is 2.25. The van der Waals surface area contributed by atoms with E-state index in [1.165, 1.54) is 38.5 Å². The maximum atomic E-state index is 14.1. The number of halogens is 1. The van der Waals surface area contributed by atoms with Gasteiger partial charge in [0.1, 0.15) is 10.8 Å². The van der Waals surface area contributed by atoms with E-state index in [0.29, 0.717) is 11.1 Å². The molecule has 2 aliphatic carbocycles. The van der Waals surface area contributed by atoms with Gasteiger partial charge in [-0.05, 0) is 49.8 Å². The highest BCUT2D eigenvalue weighted by molar-refractivity contribution is 6.29. The molecule has 1 atom stereocenters. The van der Waals surface area contributed by atoms with Gasteiger partial charge in [-0.25, -0.2) is 4.98 Å². The second kappa shape index (κ2) is 9.30. The molecule has 0 bridgehead atoms. The summed E-state index contributed by atoms with van der Waals surface area (Å²) in [5, 5.41) is 11.4. The molecule has 1 aromatic carbocycles. The van der Waals surface area contributed by atoms with Gasteiger partial charge in [-0.3, -0.25) is 4.79 Å². The van der Waals surface area contributed by atoms with E-state index < -0.39 is 5.66 Å². The van der Waals surface area contributed by atoms with Crippen molar-refractivity contribution in [2.75, 3.05) is 10.6 Å². The van der Waals surface area contributed by atoms with Crippen LogP contribution < -0.4 is 16.0 Å². The number of hydrogen-bond donors (Lipinski definition) is 3. The molecule has 0 radical (unpaired) electrons. The first-order valence-corrected chi connectivity index (χ1v) is 12.6. The fraction of sp³-hybridized carbons (Fsp3) is 0.538. The lowest BCUT2D eigenvalue weighted by atomic mass is 9.71. The van der Waals surface area contributed by atoms with Crippen molar-refractivity contribution < 1.29 is 4.79 Å². The fourth-order valence-electron chi connectivity index (χ4n) is 6.02. The Morgan fingerprint density at radius 2 is 1.56 bits per heavy atom. The third-order valence-electron chi connectivity index (χ3n) is 7.60. The van der Waals surface area contributed by atoms with Gasteiger partial charge in [-0.15, -0.1) is 0 Å². The minimum atomic E-state index is -0.748. The molecule has 3 N–H and O–H groups in total. The number of rotatable bonds is 5. The van der Waals surface area contributed by atoms with Crippen molar-refractivity contribution in [2.45, 2.75) is 75.9 Å². The van der Waals surface area contributed by atoms with Crippen LogP contribution in [0.5, 0.6) is 0 Å². The van der Waals surface area contributed by atoms with Crippen molar-refractivity contribution in [3.63, 3.8) is 0 Å². The lowest BCUT2D eigenvalue weighted by Gasteiger charge is -2.43. The molecule has 2 saturated carbocycles. The van der Waals surface area contributed by atoms with Gasteiger partial charge in [0.05, 0.1) is 17.3 Å². The van der Waals surface area contributed by atoms with E-state index in [2.05, 4.69) is 33.1 Å². The Morgan fingerprint density at radius 1 is 0.938 bits per heavy atom. The second-order valence-electron chi connectivity index (χ2n) is 9.69.